The van der Waals surface area contributed by atoms with Crippen molar-refractivity contribution in [3.8, 4) is 5.75 Å². The third kappa shape index (κ3) is 1.96. The summed E-state index contributed by atoms with van der Waals surface area (Å²) < 4.78 is 5.50. The largest absolute Gasteiger partial charge is 0.493 e. The minimum absolute atomic E-state index is 0.221. The summed E-state index contributed by atoms with van der Waals surface area (Å²) in [5.74, 6) is 1.52. The number of fused-ring (bicyclic) bond motifs is 3. The molecule has 0 spiro atoms. The van der Waals surface area contributed by atoms with Crippen LogP contribution in [-0.2, 0) is 6.42 Å². The number of piperidine rings is 1. The molecular weight excluding hydrogens is 238 g/mol. The Kier molecular flexibility index (Phi) is 2.62. The summed E-state index contributed by atoms with van der Waals surface area (Å²) >= 11 is 0. The fraction of sp³-hybridized carbons (Fsp3) is 0.562. The molecule has 3 heterocycles. The number of nitrogens with one attached hydrogen (secondary N) is 1. The number of ether oxygens (including phenoxy) is 1. The maximum Gasteiger partial charge on any atom is 0.166 e. The highest BCUT2D eigenvalue weighted by Crippen LogP contribution is 2.34. The zero-order chi connectivity index (χ0) is 12.8. The van der Waals surface area contributed by atoms with Crippen molar-refractivity contribution in [1.29, 1.82) is 0 Å². The molecule has 0 amide bonds. The molecule has 0 saturated carbocycles. The monoisotopic (exact) mass is 257 g/mol. The van der Waals surface area contributed by atoms with Gasteiger partial charge in [0.05, 0.1) is 6.61 Å². The Balaban J connectivity index is 1.57. The average Bonchev–Trinajstić information content (AvgIpc) is 3.03. The summed E-state index contributed by atoms with van der Waals surface area (Å²) in [7, 11) is 0. The molecular formula is C16H19NO2. The van der Waals surface area contributed by atoms with Gasteiger partial charge in [-0.1, -0.05) is 0 Å². The van der Waals surface area contributed by atoms with Crippen molar-refractivity contribution in [3.05, 3.63) is 29.3 Å². The van der Waals surface area contributed by atoms with Gasteiger partial charge in [-0.25, -0.2) is 0 Å². The Morgan fingerprint density at radius 2 is 2.00 bits per heavy atom. The van der Waals surface area contributed by atoms with Crippen LogP contribution in [0.15, 0.2) is 18.2 Å². The number of hydrogen-bond donors (Lipinski definition) is 1. The topological polar surface area (TPSA) is 38.3 Å². The van der Waals surface area contributed by atoms with Gasteiger partial charge in [0.15, 0.2) is 5.78 Å². The van der Waals surface area contributed by atoms with Crippen molar-refractivity contribution >= 4 is 5.78 Å². The predicted molar refractivity (Wildman–Crippen MR) is 72.6 cm³/mol. The summed E-state index contributed by atoms with van der Waals surface area (Å²) in [6.45, 7) is 0.754. The minimum Gasteiger partial charge on any atom is -0.493 e. The third-order valence-electron chi connectivity index (χ3n) is 4.82. The Morgan fingerprint density at radius 1 is 1.21 bits per heavy atom. The SMILES string of the molecule is O=C(c1ccc2c(c1)CCO2)C1CC2CCC(C1)N2. The molecule has 0 aliphatic carbocycles. The number of rotatable bonds is 2. The molecule has 0 radical (unpaired) electrons. The van der Waals surface area contributed by atoms with Gasteiger partial charge in [-0.05, 0) is 49.4 Å². The summed E-state index contributed by atoms with van der Waals surface area (Å²) in [6.07, 6.45) is 5.46. The second-order valence-electron chi connectivity index (χ2n) is 6.09. The van der Waals surface area contributed by atoms with Gasteiger partial charge in [0.1, 0.15) is 5.75 Å². The molecule has 3 heteroatoms. The molecule has 2 fully saturated rings. The van der Waals surface area contributed by atoms with Crippen LogP contribution in [0, 0.1) is 5.92 Å². The average molecular weight is 257 g/mol. The van der Waals surface area contributed by atoms with Gasteiger partial charge in [-0.15, -0.1) is 0 Å². The first-order valence-electron chi connectivity index (χ1n) is 7.35. The van der Waals surface area contributed by atoms with E-state index < -0.39 is 0 Å². The number of hydrogen-bond acceptors (Lipinski definition) is 3. The van der Waals surface area contributed by atoms with Crippen LogP contribution in [0.3, 0.4) is 0 Å². The zero-order valence-corrected chi connectivity index (χ0v) is 11.0. The van der Waals surface area contributed by atoms with Crippen molar-refractivity contribution in [3.63, 3.8) is 0 Å². The van der Waals surface area contributed by atoms with E-state index in [1.54, 1.807) is 0 Å². The number of carbonyl (C=O) groups excluding carboxylic acids is 1. The lowest BCUT2D eigenvalue weighted by atomic mass is 9.85. The van der Waals surface area contributed by atoms with Gasteiger partial charge in [0, 0.05) is 30.0 Å². The molecule has 4 rings (SSSR count). The van der Waals surface area contributed by atoms with Crippen LogP contribution in [0.4, 0.5) is 0 Å². The van der Waals surface area contributed by atoms with Gasteiger partial charge in [0.2, 0.25) is 0 Å². The van der Waals surface area contributed by atoms with Gasteiger partial charge in [-0.3, -0.25) is 4.79 Å². The number of ketones is 1. The molecule has 3 aliphatic rings. The number of Topliss-reactive ketones (excluding diaryl/α,β-unsaturated/α-hetero) is 1. The quantitative estimate of drug-likeness (QED) is 0.826. The normalized spacial score (nSPS) is 31.9. The van der Waals surface area contributed by atoms with Crippen LogP contribution in [0.25, 0.3) is 0 Å². The lowest BCUT2D eigenvalue weighted by Gasteiger charge is -2.28. The van der Waals surface area contributed by atoms with E-state index in [4.69, 9.17) is 4.74 Å². The second kappa shape index (κ2) is 4.34. The Morgan fingerprint density at radius 3 is 2.79 bits per heavy atom. The van der Waals surface area contributed by atoms with Gasteiger partial charge in [0.25, 0.3) is 0 Å². The van der Waals surface area contributed by atoms with E-state index in [2.05, 4.69) is 11.4 Å². The first kappa shape index (κ1) is 11.5. The van der Waals surface area contributed by atoms with E-state index in [1.807, 2.05) is 12.1 Å². The van der Waals surface area contributed by atoms with Crippen LogP contribution < -0.4 is 10.1 Å². The highest BCUT2D eigenvalue weighted by atomic mass is 16.5. The lowest BCUT2D eigenvalue weighted by Crippen LogP contribution is -2.40. The van der Waals surface area contributed by atoms with Gasteiger partial charge < -0.3 is 10.1 Å². The summed E-state index contributed by atoms with van der Waals surface area (Å²) in [6, 6.07) is 7.10. The highest BCUT2D eigenvalue weighted by Gasteiger charge is 2.36. The number of carbonyl (C=O) groups is 1. The van der Waals surface area contributed by atoms with Gasteiger partial charge in [-0.2, -0.15) is 0 Å². The molecule has 0 aromatic heterocycles. The van der Waals surface area contributed by atoms with Crippen molar-refractivity contribution < 1.29 is 9.53 Å². The standard InChI is InChI=1S/C16H19NO2/c18-16(12-8-13-2-3-14(9-12)17-13)11-1-4-15-10(7-11)5-6-19-15/h1,4,7,12-14,17H,2-3,5-6,8-9H2. The predicted octanol–water partition coefficient (Wildman–Crippen LogP) is 2.33. The van der Waals surface area contributed by atoms with E-state index in [0.717, 1.165) is 37.2 Å². The van der Waals surface area contributed by atoms with Crippen LogP contribution in [0.2, 0.25) is 0 Å². The van der Waals surface area contributed by atoms with Crippen molar-refractivity contribution in [2.24, 2.45) is 5.92 Å². The Bertz CT molecular complexity index is 513. The molecule has 1 aromatic rings. The van der Waals surface area contributed by atoms with E-state index in [-0.39, 0.29) is 5.92 Å². The van der Waals surface area contributed by atoms with Crippen LogP contribution in [-0.4, -0.2) is 24.5 Å². The highest BCUT2D eigenvalue weighted by molar-refractivity contribution is 5.98. The van der Waals surface area contributed by atoms with Crippen LogP contribution >= 0.6 is 0 Å². The van der Waals surface area contributed by atoms with E-state index >= 15 is 0 Å². The van der Waals surface area contributed by atoms with Crippen LogP contribution in [0.5, 0.6) is 5.75 Å². The Hall–Kier alpha value is -1.35. The van der Waals surface area contributed by atoms with Crippen molar-refractivity contribution in [2.45, 2.75) is 44.2 Å². The fourth-order valence-corrected chi connectivity index (χ4v) is 3.85. The molecule has 3 nitrogen and oxygen atoms in total. The molecule has 3 aliphatic heterocycles. The smallest absolute Gasteiger partial charge is 0.166 e. The molecule has 1 N–H and O–H groups in total. The Labute approximate surface area is 113 Å². The fourth-order valence-electron chi connectivity index (χ4n) is 3.85. The van der Waals surface area contributed by atoms with Crippen LogP contribution in [0.1, 0.15) is 41.6 Å². The molecule has 19 heavy (non-hydrogen) atoms. The molecule has 2 saturated heterocycles. The van der Waals surface area contributed by atoms with E-state index in [0.29, 0.717) is 17.9 Å². The first-order chi connectivity index (χ1) is 9.29. The van der Waals surface area contributed by atoms with Gasteiger partial charge >= 0.3 is 0 Å². The summed E-state index contributed by atoms with van der Waals surface area (Å²) in [4.78, 5) is 12.6. The summed E-state index contributed by atoms with van der Waals surface area (Å²) in [5, 5.41) is 3.60. The molecule has 1 aromatic carbocycles. The van der Waals surface area contributed by atoms with Crippen molar-refractivity contribution in [2.75, 3.05) is 6.61 Å². The lowest BCUT2D eigenvalue weighted by molar-refractivity contribution is 0.0875. The van der Waals surface area contributed by atoms with E-state index in [9.17, 15) is 4.79 Å². The molecule has 2 bridgehead atoms. The maximum atomic E-state index is 12.6. The third-order valence-corrected chi connectivity index (χ3v) is 4.82. The molecule has 2 atom stereocenters. The zero-order valence-electron chi connectivity index (χ0n) is 11.0. The molecule has 100 valence electrons. The minimum atomic E-state index is 0.221. The summed E-state index contributed by atoms with van der Waals surface area (Å²) in [5.41, 5.74) is 2.08. The first-order valence-corrected chi connectivity index (χ1v) is 7.35. The molecule has 2 unspecified atom stereocenters. The second-order valence-corrected chi connectivity index (χ2v) is 6.09. The van der Waals surface area contributed by atoms with E-state index in [1.165, 1.54) is 18.4 Å². The van der Waals surface area contributed by atoms with Crippen molar-refractivity contribution in [1.82, 2.24) is 5.32 Å². The number of benzene rings is 1. The maximum absolute atomic E-state index is 12.6.